The molecule has 0 spiro atoms. The third kappa shape index (κ3) is 3.19. The van der Waals surface area contributed by atoms with Crippen molar-refractivity contribution in [3.8, 4) is 0 Å². The van der Waals surface area contributed by atoms with Gasteiger partial charge in [0.1, 0.15) is 5.15 Å². The lowest BCUT2D eigenvalue weighted by Crippen LogP contribution is -2.34. The van der Waals surface area contributed by atoms with Gasteiger partial charge in [-0.05, 0) is 44.2 Å². The minimum atomic E-state index is -0.0524. The minimum Gasteiger partial charge on any atom is -0.349 e. The van der Waals surface area contributed by atoms with Gasteiger partial charge >= 0.3 is 0 Å². The predicted molar refractivity (Wildman–Crippen MR) is 68.3 cm³/mol. The first-order valence-electron chi connectivity index (χ1n) is 6.07. The summed E-state index contributed by atoms with van der Waals surface area (Å²) in [7, 11) is 0. The molecule has 17 heavy (non-hydrogen) atoms. The molecule has 0 radical (unpaired) electrons. The highest BCUT2D eigenvalue weighted by molar-refractivity contribution is 6.29. The summed E-state index contributed by atoms with van der Waals surface area (Å²) in [6.07, 6.45) is 3.22. The second-order valence-corrected chi connectivity index (χ2v) is 5.01. The number of carbonyl (C=O) groups is 1. The molecule has 92 valence electrons. The zero-order chi connectivity index (χ0) is 12.4. The molecular formula is C13H17ClN2O. The monoisotopic (exact) mass is 252 g/mol. The number of nitrogens with zero attached hydrogens (tertiary/aromatic N) is 1. The van der Waals surface area contributed by atoms with Gasteiger partial charge in [0.2, 0.25) is 0 Å². The molecule has 0 saturated heterocycles. The highest BCUT2D eigenvalue weighted by Gasteiger charge is 2.29. The van der Waals surface area contributed by atoms with E-state index in [-0.39, 0.29) is 11.9 Å². The largest absolute Gasteiger partial charge is 0.349 e. The molecule has 1 heterocycles. The Morgan fingerprint density at radius 3 is 2.88 bits per heavy atom. The number of halogens is 1. The SMILES string of the molecule is CCc1cc(C(=O)NC(C)C2CC2)cc(Cl)n1. The Morgan fingerprint density at radius 1 is 1.59 bits per heavy atom. The minimum absolute atomic E-state index is 0.0524. The van der Waals surface area contributed by atoms with Crippen LogP contribution in [0, 0.1) is 5.92 Å². The molecule has 1 aromatic heterocycles. The topological polar surface area (TPSA) is 42.0 Å². The van der Waals surface area contributed by atoms with E-state index in [1.807, 2.05) is 6.92 Å². The standard InChI is InChI=1S/C13H17ClN2O/c1-3-11-6-10(7-12(14)16-11)13(17)15-8(2)9-4-5-9/h6-9H,3-5H2,1-2H3,(H,15,17). The van der Waals surface area contributed by atoms with Gasteiger partial charge in [-0.3, -0.25) is 4.79 Å². The maximum absolute atomic E-state index is 12.0. The van der Waals surface area contributed by atoms with Gasteiger partial charge in [-0.15, -0.1) is 0 Å². The fourth-order valence-electron chi connectivity index (χ4n) is 1.87. The fourth-order valence-corrected chi connectivity index (χ4v) is 2.09. The molecule has 2 rings (SSSR count). The normalized spacial score (nSPS) is 16.6. The van der Waals surface area contributed by atoms with Crippen LogP contribution in [-0.2, 0) is 6.42 Å². The Kier molecular flexibility index (Phi) is 3.67. The van der Waals surface area contributed by atoms with E-state index in [9.17, 15) is 4.79 Å². The zero-order valence-electron chi connectivity index (χ0n) is 10.2. The number of aromatic nitrogens is 1. The Morgan fingerprint density at radius 2 is 2.29 bits per heavy atom. The van der Waals surface area contributed by atoms with E-state index >= 15 is 0 Å². The predicted octanol–water partition coefficient (Wildman–Crippen LogP) is 2.83. The summed E-state index contributed by atoms with van der Waals surface area (Å²) in [6.45, 7) is 4.05. The maximum Gasteiger partial charge on any atom is 0.251 e. The summed E-state index contributed by atoms with van der Waals surface area (Å²) in [5, 5.41) is 3.39. The molecule has 1 saturated carbocycles. The first-order chi connectivity index (χ1) is 8.10. The van der Waals surface area contributed by atoms with Crippen LogP contribution in [0.1, 0.15) is 42.7 Å². The summed E-state index contributed by atoms with van der Waals surface area (Å²) in [5.74, 6) is 0.602. The van der Waals surface area contributed by atoms with E-state index in [1.165, 1.54) is 12.8 Å². The van der Waals surface area contributed by atoms with Gasteiger partial charge in [0.25, 0.3) is 5.91 Å². The molecule has 1 fully saturated rings. The Labute approximate surface area is 107 Å². The summed E-state index contributed by atoms with van der Waals surface area (Å²) in [6, 6.07) is 3.68. The van der Waals surface area contributed by atoms with E-state index in [0.29, 0.717) is 16.6 Å². The Bertz CT molecular complexity index is 429. The maximum atomic E-state index is 12.0. The Balaban J connectivity index is 2.09. The van der Waals surface area contributed by atoms with Crippen molar-refractivity contribution < 1.29 is 4.79 Å². The van der Waals surface area contributed by atoms with Crippen molar-refractivity contribution >= 4 is 17.5 Å². The average molecular weight is 253 g/mol. The molecule has 1 aromatic rings. The highest BCUT2D eigenvalue weighted by atomic mass is 35.5. The van der Waals surface area contributed by atoms with Gasteiger partial charge in [0, 0.05) is 17.3 Å². The van der Waals surface area contributed by atoms with E-state index in [4.69, 9.17) is 11.6 Å². The van der Waals surface area contributed by atoms with Crippen molar-refractivity contribution in [2.75, 3.05) is 0 Å². The van der Waals surface area contributed by atoms with E-state index in [2.05, 4.69) is 17.2 Å². The van der Waals surface area contributed by atoms with Gasteiger partial charge in [-0.2, -0.15) is 0 Å². The number of hydrogen-bond donors (Lipinski definition) is 1. The molecule has 1 unspecified atom stereocenters. The van der Waals surface area contributed by atoms with Crippen LogP contribution in [0.4, 0.5) is 0 Å². The van der Waals surface area contributed by atoms with Crippen molar-refractivity contribution in [1.29, 1.82) is 0 Å². The highest BCUT2D eigenvalue weighted by Crippen LogP contribution is 2.32. The molecule has 1 aliphatic rings. The van der Waals surface area contributed by atoms with Crippen molar-refractivity contribution in [3.05, 3.63) is 28.5 Å². The lowest BCUT2D eigenvalue weighted by molar-refractivity contribution is 0.0935. The Hall–Kier alpha value is -1.09. The second kappa shape index (κ2) is 5.05. The van der Waals surface area contributed by atoms with Crippen molar-refractivity contribution in [1.82, 2.24) is 10.3 Å². The molecule has 1 atom stereocenters. The fraction of sp³-hybridized carbons (Fsp3) is 0.538. The smallest absolute Gasteiger partial charge is 0.251 e. The van der Waals surface area contributed by atoms with E-state index in [1.54, 1.807) is 12.1 Å². The first-order valence-corrected chi connectivity index (χ1v) is 6.45. The van der Waals surface area contributed by atoms with Crippen LogP contribution in [0.25, 0.3) is 0 Å². The summed E-state index contributed by atoms with van der Waals surface area (Å²) < 4.78 is 0. The number of pyridine rings is 1. The van der Waals surface area contributed by atoms with Gasteiger partial charge in [-0.1, -0.05) is 18.5 Å². The van der Waals surface area contributed by atoms with Crippen LogP contribution in [0.5, 0.6) is 0 Å². The number of hydrogen-bond acceptors (Lipinski definition) is 2. The molecule has 0 bridgehead atoms. The molecule has 1 N–H and O–H groups in total. The van der Waals surface area contributed by atoms with Crippen LogP contribution in [-0.4, -0.2) is 16.9 Å². The van der Waals surface area contributed by atoms with Crippen LogP contribution >= 0.6 is 11.6 Å². The molecule has 4 heteroatoms. The summed E-state index contributed by atoms with van der Waals surface area (Å²) >= 11 is 5.89. The number of aryl methyl sites for hydroxylation is 1. The molecule has 3 nitrogen and oxygen atoms in total. The lowest BCUT2D eigenvalue weighted by Gasteiger charge is -2.13. The third-order valence-corrected chi connectivity index (χ3v) is 3.35. The number of amides is 1. The van der Waals surface area contributed by atoms with Gasteiger partial charge < -0.3 is 5.32 Å². The molecular weight excluding hydrogens is 236 g/mol. The van der Waals surface area contributed by atoms with Crippen LogP contribution in [0.2, 0.25) is 5.15 Å². The van der Waals surface area contributed by atoms with Gasteiger partial charge in [0.15, 0.2) is 0 Å². The third-order valence-electron chi connectivity index (χ3n) is 3.16. The zero-order valence-corrected chi connectivity index (χ0v) is 10.9. The molecule has 1 aliphatic carbocycles. The summed E-state index contributed by atoms with van der Waals surface area (Å²) in [4.78, 5) is 16.2. The van der Waals surface area contributed by atoms with Crippen LogP contribution in [0.15, 0.2) is 12.1 Å². The molecule has 0 aliphatic heterocycles. The lowest BCUT2D eigenvalue weighted by atomic mass is 10.1. The van der Waals surface area contributed by atoms with Gasteiger partial charge in [0.05, 0.1) is 0 Å². The van der Waals surface area contributed by atoms with Crippen LogP contribution < -0.4 is 5.32 Å². The molecule has 0 aromatic carbocycles. The van der Waals surface area contributed by atoms with E-state index < -0.39 is 0 Å². The second-order valence-electron chi connectivity index (χ2n) is 4.62. The van der Waals surface area contributed by atoms with Crippen LogP contribution in [0.3, 0.4) is 0 Å². The van der Waals surface area contributed by atoms with Crippen molar-refractivity contribution in [2.45, 2.75) is 39.2 Å². The average Bonchev–Trinajstić information content (AvgIpc) is 3.11. The van der Waals surface area contributed by atoms with Crippen molar-refractivity contribution in [2.24, 2.45) is 5.92 Å². The number of nitrogens with one attached hydrogen (secondary N) is 1. The number of carbonyl (C=O) groups excluding carboxylic acids is 1. The first kappa shape index (κ1) is 12.4. The van der Waals surface area contributed by atoms with Crippen molar-refractivity contribution in [3.63, 3.8) is 0 Å². The number of rotatable bonds is 4. The quantitative estimate of drug-likeness (QED) is 0.838. The summed E-state index contributed by atoms with van der Waals surface area (Å²) in [5.41, 5.74) is 1.45. The molecule has 1 amide bonds. The van der Waals surface area contributed by atoms with Gasteiger partial charge in [-0.25, -0.2) is 4.98 Å². The van der Waals surface area contributed by atoms with E-state index in [0.717, 1.165) is 12.1 Å².